The van der Waals surface area contributed by atoms with Gasteiger partial charge < -0.3 is 20.3 Å². The Labute approximate surface area is 165 Å². The van der Waals surface area contributed by atoms with Crippen LogP contribution in [-0.2, 0) is 4.79 Å². The molecule has 2 N–H and O–H groups in total. The molecule has 2 aromatic rings. The van der Waals surface area contributed by atoms with Crippen LogP contribution in [0.5, 0.6) is 5.75 Å². The lowest BCUT2D eigenvalue weighted by Gasteiger charge is -2.33. The van der Waals surface area contributed by atoms with Gasteiger partial charge in [-0.1, -0.05) is 30.3 Å². The van der Waals surface area contributed by atoms with E-state index < -0.39 is 0 Å². The minimum atomic E-state index is -0.317. The van der Waals surface area contributed by atoms with Gasteiger partial charge >= 0.3 is 0 Å². The summed E-state index contributed by atoms with van der Waals surface area (Å²) in [6.07, 6.45) is 0. The lowest BCUT2D eigenvalue weighted by molar-refractivity contribution is -0.127. The number of rotatable bonds is 5. The molecule has 27 heavy (non-hydrogen) atoms. The van der Waals surface area contributed by atoms with E-state index in [1.165, 1.54) is 0 Å². The average Bonchev–Trinajstić information content (AvgIpc) is 2.67. The van der Waals surface area contributed by atoms with Crippen LogP contribution in [-0.4, -0.2) is 36.1 Å². The number of fused-ring (bicyclic) bond motifs is 1. The monoisotopic (exact) mass is 383 g/mol. The quantitative estimate of drug-likeness (QED) is 0.774. The number of nitrogens with one attached hydrogen (secondary N) is 2. The van der Waals surface area contributed by atoms with Crippen molar-refractivity contribution < 1.29 is 9.53 Å². The molecule has 0 radical (unpaired) electrons. The van der Waals surface area contributed by atoms with Gasteiger partial charge in [-0.15, -0.1) is 0 Å². The van der Waals surface area contributed by atoms with Crippen molar-refractivity contribution in [1.29, 1.82) is 0 Å². The van der Waals surface area contributed by atoms with Gasteiger partial charge in [0, 0.05) is 24.2 Å². The maximum atomic E-state index is 13.2. The molecule has 0 aliphatic carbocycles. The first-order chi connectivity index (χ1) is 13.0. The third-order valence-corrected chi connectivity index (χ3v) is 5.22. The van der Waals surface area contributed by atoms with E-state index in [4.69, 9.17) is 17.0 Å². The molecule has 2 aromatic carbocycles. The highest BCUT2D eigenvalue weighted by atomic mass is 32.1. The van der Waals surface area contributed by atoms with Crippen molar-refractivity contribution in [3.8, 4) is 5.75 Å². The van der Waals surface area contributed by atoms with Gasteiger partial charge in [0.15, 0.2) is 5.11 Å². The Morgan fingerprint density at radius 2 is 1.81 bits per heavy atom. The van der Waals surface area contributed by atoms with Crippen molar-refractivity contribution in [3.63, 3.8) is 0 Å². The van der Waals surface area contributed by atoms with Gasteiger partial charge in [-0.25, -0.2) is 0 Å². The molecule has 1 unspecified atom stereocenters. The van der Waals surface area contributed by atoms with Gasteiger partial charge in [0.2, 0.25) is 0 Å². The molecule has 0 saturated heterocycles. The maximum absolute atomic E-state index is 13.2. The van der Waals surface area contributed by atoms with Crippen molar-refractivity contribution >= 4 is 34.0 Å². The minimum absolute atomic E-state index is 0.0184. The lowest BCUT2D eigenvalue weighted by atomic mass is 9.90. The molecule has 1 aliphatic heterocycles. The summed E-state index contributed by atoms with van der Waals surface area (Å²) in [7, 11) is 1.67. The standard InChI is InChI=1S/C21H25N3O2S/c1-5-24(6-2)20(25)18-13(3)22-21(27)23-19(18)16-11-12-17(26-4)15-10-8-7-9-14(15)16/h7-12,19H,5-6H2,1-4H3,(H2,22,23,27). The Bertz CT molecular complexity index is 919. The van der Waals surface area contributed by atoms with Gasteiger partial charge in [0.25, 0.3) is 5.91 Å². The molecule has 1 atom stereocenters. The first-order valence-corrected chi connectivity index (χ1v) is 9.55. The molecule has 6 heteroatoms. The summed E-state index contributed by atoms with van der Waals surface area (Å²) < 4.78 is 5.51. The van der Waals surface area contributed by atoms with Crippen LogP contribution < -0.4 is 15.4 Å². The van der Waals surface area contributed by atoms with Gasteiger partial charge in [-0.2, -0.15) is 0 Å². The fraction of sp³-hybridized carbons (Fsp3) is 0.333. The Morgan fingerprint density at radius 1 is 1.15 bits per heavy atom. The van der Waals surface area contributed by atoms with Crippen molar-refractivity contribution in [2.75, 3.05) is 20.2 Å². The predicted molar refractivity (Wildman–Crippen MR) is 113 cm³/mol. The van der Waals surface area contributed by atoms with E-state index in [9.17, 15) is 4.79 Å². The highest BCUT2D eigenvalue weighted by Crippen LogP contribution is 2.36. The highest BCUT2D eigenvalue weighted by Gasteiger charge is 2.32. The van der Waals surface area contributed by atoms with Crippen molar-refractivity contribution in [3.05, 3.63) is 53.2 Å². The number of hydrogen-bond acceptors (Lipinski definition) is 3. The summed E-state index contributed by atoms with van der Waals surface area (Å²) in [5.74, 6) is 0.827. The van der Waals surface area contributed by atoms with Crippen LogP contribution in [0.1, 0.15) is 32.4 Å². The summed E-state index contributed by atoms with van der Waals surface area (Å²) in [6, 6.07) is 11.7. The number of amides is 1. The van der Waals surface area contributed by atoms with E-state index in [2.05, 4.69) is 16.7 Å². The zero-order valence-electron chi connectivity index (χ0n) is 16.1. The zero-order chi connectivity index (χ0) is 19.6. The number of likely N-dealkylation sites (N-methyl/N-ethyl adjacent to an activating group) is 1. The Hall–Kier alpha value is -2.60. The number of methoxy groups -OCH3 is 1. The van der Waals surface area contributed by atoms with Crippen LogP contribution in [0.3, 0.4) is 0 Å². The van der Waals surface area contributed by atoms with Crippen LogP contribution in [0.4, 0.5) is 0 Å². The van der Waals surface area contributed by atoms with Gasteiger partial charge in [-0.05, 0) is 50.0 Å². The minimum Gasteiger partial charge on any atom is -0.496 e. The van der Waals surface area contributed by atoms with E-state index in [-0.39, 0.29) is 11.9 Å². The molecule has 142 valence electrons. The third kappa shape index (κ3) is 3.49. The number of carbonyl (C=O) groups is 1. The van der Waals surface area contributed by atoms with Crippen LogP contribution >= 0.6 is 12.2 Å². The van der Waals surface area contributed by atoms with E-state index in [1.54, 1.807) is 7.11 Å². The number of allylic oxidation sites excluding steroid dienone is 1. The van der Waals surface area contributed by atoms with Crippen LogP contribution in [0.25, 0.3) is 10.8 Å². The average molecular weight is 384 g/mol. The topological polar surface area (TPSA) is 53.6 Å². The Balaban J connectivity index is 2.19. The van der Waals surface area contributed by atoms with Gasteiger partial charge in [-0.3, -0.25) is 4.79 Å². The second-order valence-corrected chi connectivity index (χ2v) is 6.86. The molecular formula is C21H25N3O2S. The molecule has 0 aromatic heterocycles. The summed E-state index contributed by atoms with van der Waals surface area (Å²) >= 11 is 5.39. The first-order valence-electron chi connectivity index (χ1n) is 9.14. The van der Waals surface area contributed by atoms with Crippen molar-refractivity contribution in [2.45, 2.75) is 26.8 Å². The van der Waals surface area contributed by atoms with Crippen LogP contribution in [0.2, 0.25) is 0 Å². The number of benzene rings is 2. The summed E-state index contributed by atoms with van der Waals surface area (Å²) in [5, 5.41) is 8.98. The summed E-state index contributed by atoms with van der Waals surface area (Å²) in [5.41, 5.74) is 2.49. The number of nitrogens with zero attached hydrogens (tertiary/aromatic N) is 1. The first kappa shape index (κ1) is 19.2. The van der Waals surface area contributed by atoms with E-state index >= 15 is 0 Å². The lowest BCUT2D eigenvalue weighted by Crippen LogP contribution is -2.47. The number of thiocarbonyl (C=S) groups is 1. The molecule has 0 spiro atoms. The summed E-state index contributed by atoms with van der Waals surface area (Å²) in [4.78, 5) is 15.1. The third-order valence-electron chi connectivity index (χ3n) is 5.00. The molecule has 1 heterocycles. The van der Waals surface area contributed by atoms with Gasteiger partial charge in [0.1, 0.15) is 5.75 Å². The zero-order valence-corrected chi connectivity index (χ0v) is 16.9. The summed E-state index contributed by atoms with van der Waals surface area (Å²) in [6.45, 7) is 7.20. The molecule has 1 amide bonds. The molecule has 1 aliphatic rings. The van der Waals surface area contributed by atoms with Crippen molar-refractivity contribution in [2.24, 2.45) is 0 Å². The second-order valence-electron chi connectivity index (χ2n) is 6.45. The maximum Gasteiger partial charge on any atom is 0.253 e. The smallest absolute Gasteiger partial charge is 0.253 e. The molecular weight excluding hydrogens is 358 g/mol. The molecule has 3 rings (SSSR count). The Kier molecular flexibility index (Phi) is 5.65. The van der Waals surface area contributed by atoms with E-state index in [0.29, 0.717) is 23.8 Å². The van der Waals surface area contributed by atoms with E-state index in [1.807, 2.05) is 56.0 Å². The fourth-order valence-electron chi connectivity index (χ4n) is 3.62. The second kappa shape index (κ2) is 7.96. The van der Waals surface area contributed by atoms with E-state index in [0.717, 1.165) is 27.8 Å². The van der Waals surface area contributed by atoms with Crippen molar-refractivity contribution in [1.82, 2.24) is 15.5 Å². The SMILES string of the molecule is CCN(CC)C(=O)C1=C(C)NC(=S)NC1c1ccc(OC)c2ccccc12. The highest BCUT2D eigenvalue weighted by molar-refractivity contribution is 7.80. The van der Waals surface area contributed by atoms with Crippen LogP contribution in [0.15, 0.2) is 47.7 Å². The number of ether oxygens (including phenoxy) is 1. The molecule has 0 fully saturated rings. The predicted octanol–water partition coefficient (Wildman–Crippen LogP) is 3.51. The Morgan fingerprint density at radius 3 is 2.44 bits per heavy atom. The normalized spacial score (nSPS) is 16.7. The molecule has 5 nitrogen and oxygen atoms in total. The molecule has 0 saturated carbocycles. The number of carbonyl (C=O) groups excluding carboxylic acids is 1. The fourth-order valence-corrected chi connectivity index (χ4v) is 3.89. The largest absolute Gasteiger partial charge is 0.496 e. The number of hydrogen-bond donors (Lipinski definition) is 2. The molecule has 0 bridgehead atoms. The van der Waals surface area contributed by atoms with Gasteiger partial charge in [0.05, 0.1) is 18.7 Å². The van der Waals surface area contributed by atoms with Crippen LogP contribution in [0, 0.1) is 0 Å².